The number of nitrogens with zero attached hydrogens (tertiary/aromatic N) is 1. The van der Waals surface area contributed by atoms with Crippen LogP contribution in [0.2, 0.25) is 0 Å². The zero-order chi connectivity index (χ0) is 19.5. The van der Waals surface area contributed by atoms with Gasteiger partial charge in [0.2, 0.25) is 0 Å². The molecule has 0 spiro atoms. The Bertz CT molecular complexity index is 684. The maximum atomic E-state index is 14.5. The van der Waals surface area contributed by atoms with Crippen LogP contribution in [0.4, 0.5) is 14.9 Å². The molecule has 0 bridgehead atoms. The summed E-state index contributed by atoms with van der Waals surface area (Å²) in [6.45, 7) is 5.85. The number of hydrogen-bond acceptors (Lipinski definition) is 5. The number of piperidine rings is 1. The number of halogens is 2. The van der Waals surface area contributed by atoms with Crippen molar-refractivity contribution in [2.45, 2.75) is 44.8 Å². The monoisotopic (exact) mass is 495 g/mol. The van der Waals surface area contributed by atoms with Crippen LogP contribution in [-0.2, 0) is 4.74 Å². The number of anilines is 1. The van der Waals surface area contributed by atoms with Crippen LogP contribution in [0.5, 0.6) is 0 Å². The van der Waals surface area contributed by atoms with Gasteiger partial charge in [0.25, 0.3) is 0 Å². The molecule has 144 valence electrons. The van der Waals surface area contributed by atoms with E-state index in [9.17, 15) is 14.3 Å². The average molecular weight is 495 g/mol. The van der Waals surface area contributed by atoms with Crippen molar-refractivity contribution in [2.24, 2.45) is 0 Å². The van der Waals surface area contributed by atoms with Crippen LogP contribution in [0.25, 0.3) is 0 Å². The summed E-state index contributed by atoms with van der Waals surface area (Å²) in [6, 6.07) is 2.98. The van der Waals surface area contributed by atoms with E-state index < -0.39 is 29.5 Å². The van der Waals surface area contributed by atoms with E-state index >= 15 is 0 Å². The first kappa shape index (κ1) is 21.3. The van der Waals surface area contributed by atoms with Crippen LogP contribution in [0.1, 0.15) is 44.2 Å². The molecule has 0 radical (unpaired) electrons. The van der Waals surface area contributed by atoms with Gasteiger partial charge in [-0.25, -0.2) is 9.18 Å². The average Bonchev–Trinajstić information content (AvgIpc) is 2.55. The van der Waals surface area contributed by atoms with Crippen molar-refractivity contribution in [2.75, 3.05) is 18.2 Å². The second-order valence-electron chi connectivity index (χ2n) is 7.21. The Balaban J connectivity index is 2.18. The van der Waals surface area contributed by atoms with Gasteiger partial charge in [-0.05, 0) is 66.9 Å². The number of amides is 1. The molecule has 0 aliphatic carbocycles. The molecule has 1 aromatic carbocycles. The van der Waals surface area contributed by atoms with E-state index in [0.29, 0.717) is 36.2 Å². The van der Waals surface area contributed by atoms with Crippen molar-refractivity contribution in [1.29, 1.82) is 5.41 Å². The van der Waals surface area contributed by atoms with Crippen LogP contribution >= 0.6 is 28.4 Å². The van der Waals surface area contributed by atoms with E-state index in [1.54, 1.807) is 26.8 Å². The maximum absolute atomic E-state index is 14.5. The molecule has 1 aliphatic heterocycles. The predicted octanol–water partition coefficient (Wildman–Crippen LogP) is 4.26. The minimum absolute atomic E-state index is 0.0993. The molecule has 1 fully saturated rings. The van der Waals surface area contributed by atoms with Gasteiger partial charge in [0, 0.05) is 36.3 Å². The molecule has 1 aliphatic rings. The van der Waals surface area contributed by atoms with Crippen molar-refractivity contribution >= 4 is 46.4 Å². The number of likely N-dealkylation sites (tertiary alicyclic amines) is 1. The van der Waals surface area contributed by atoms with Gasteiger partial charge >= 0.3 is 6.09 Å². The minimum atomic E-state index is -0.883. The molecule has 26 heavy (non-hydrogen) atoms. The highest BCUT2D eigenvalue weighted by Gasteiger charge is 2.34. The van der Waals surface area contributed by atoms with Crippen molar-refractivity contribution < 1.29 is 19.0 Å². The Morgan fingerprint density at radius 1 is 1.54 bits per heavy atom. The molecule has 1 saturated heterocycles. The van der Waals surface area contributed by atoms with E-state index in [0.717, 1.165) is 6.21 Å². The molecule has 1 amide bonds. The highest BCUT2D eigenvalue weighted by molar-refractivity contribution is 14.2. The van der Waals surface area contributed by atoms with Crippen LogP contribution in [0, 0.1) is 11.2 Å². The number of β-amino-alcohol motifs (C(OH)–C–C–N with tert-alkyl or cyclic N) is 1. The Morgan fingerprint density at radius 2 is 2.23 bits per heavy atom. The molecular formula is C17H24FIN3O3P. The first-order chi connectivity index (χ1) is 12.2. The molecule has 0 saturated carbocycles. The fourth-order valence-corrected chi connectivity index (χ4v) is 4.14. The maximum Gasteiger partial charge on any atom is 0.410 e. The molecule has 1 heterocycles. The molecule has 3 N–H and O–H groups in total. The Labute approximate surface area is 167 Å². The van der Waals surface area contributed by atoms with Gasteiger partial charge in [-0.1, -0.05) is 0 Å². The normalized spacial score (nSPS) is 21.1. The highest BCUT2D eigenvalue weighted by Crippen LogP contribution is 2.35. The number of carbonyl (C=O) groups excluding carboxylic acids is 1. The summed E-state index contributed by atoms with van der Waals surface area (Å²) in [5.41, 5.74) is 0.944. The van der Waals surface area contributed by atoms with E-state index in [1.165, 1.54) is 11.0 Å². The molecule has 9 heteroatoms. The third kappa shape index (κ3) is 5.27. The Hall–Kier alpha value is -0.990. The standard InChI is InChI=1S/C17H24FIN3O3P/c1-17(2,3)25-16(24)22-5-4-11(15(23)9-22)12-7-14(21-26-19)10(8-20)6-13(12)18/h6-8,11,15,20-21,23,26H,4-5,9H2,1-3H3. The van der Waals surface area contributed by atoms with Gasteiger partial charge in [-0.15, -0.1) is 0 Å². The number of aliphatic hydroxyl groups excluding tert-OH is 1. The van der Waals surface area contributed by atoms with Gasteiger partial charge in [-0.2, -0.15) is 0 Å². The van der Waals surface area contributed by atoms with Crippen molar-refractivity contribution in [3.05, 3.63) is 29.1 Å². The van der Waals surface area contributed by atoms with Gasteiger partial charge in [-0.3, -0.25) is 0 Å². The second-order valence-corrected chi connectivity index (χ2v) is 9.27. The minimum Gasteiger partial charge on any atom is -0.444 e. The Morgan fingerprint density at radius 3 is 2.77 bits per heavy atom. The molecule has 1 aromatic rings. The summed E-state index contributed by atoms with van der Waals surface area (Å²) in [7, 11) is 0. The molecule has 3 atom stereocenters. The van der Waals surface area contributed by atoms with Crippen LogP contribution < -0.4 is 5.09 Å². The quantitative estimate of drug-likeness (QED) is 0.331. The summed E-state index contributed by atoms with van der Waals surface area (Å²) < 4.78 is 19.9. The summed E-state index contributed by atoms with van der Waals surface area (Å²) in [4.78, 5) is 13.6. The number of rotatable bonds is 4. The van der Waals surface area contributed by atoms with E-state index in [1.807, 2.05) is 0 Å². The number of benzene rings is 1. The summed E-state index contributed by atoms with van der Waals surface area (Å²) in [6.07, 6.45) is 0.570. The molecule has 2 rings (SSSR count). The first-order valence-corrected chi connectivity index (χ1v) is 12.4. The van der Waals surface area contributed by atoms with Crippen molar-refractivity contribution in [3.8, 4) is 0 Å². The lowest BCUT2D eigenvalue weighted by Crippen LogP contribution is -2.47. The van der Waals surface area contributed by atoms with Crippen LogP contribution in [0.15, 0.2) is 12.1 Å². The van der Waals surface area contributed by atoms with Gasteiger partial charge in [0.05, 0.1) is 12.6 Å². The predicted molar refractivity (Wildman–Crippen MR) is 111 cm³/mol. The largest absolute Gasteiger partial charge is 0.444 e. The number of hydrogen-bond donors (Lipinski definition) is 3. The number of ether oxygens (including phenoxy) is 1. The lowest BCUT2D eigenvalue weighted by molar-refractivity contribution is -0.00179. The zero-order valence-corrected chi connectivity index (χ0v) is 18.1. The van der Waals surface area contributed by atoms with Gasteiger partial charge in [0.15, 0.2) is 0 Å². The molecular weight excluding hydrogens is 471 g/mol. The van der Waals surface area contributed by atoms with Crippen LogP contribution in [-0.4, -0.2) is 47.1 Å². The summed E-state index contributed by atoms with van der Waals surface area (Å²) >= 11 is 2.16. The third-order valence-corrected chi connectivity index (χ3v) is 5.31. The molecule has 3 unspecified atom stereocenters. The number of aliphatic hydroxyl groups is 1. The third-order valence-electron chi connectivity index (χ3n) is 4.14. The van der Waals surface area contributed by atoms with Gasteiger partial charge in [0.1, 0.15) is 11.4 Å². The fraction of sp³-hybridized carbons (Fsp3) is 0.529. The lowest BCUT2D eigenvalue weighted by atomic mass is 9.86. The van der Waals surface area contributed by atoms with E-state index in [4.69, 9.17) is 10.1 Å². The zero-order valence-electron chi connectivity index (χ0n) is 15.0. The number of carbonyl (C=O) groups is 1. The van der Waals surface area contributed by atoms with Crippen molar-refractivity contribution in [1.82, 2.24) is 4.90 Å². The SMILES string of the molecule is CC(C)(C)OC(=O)N1CCC(c2cc(NPI)c(C=N)cc2F)C(O)C1. The first-order valence-electron chi connectivity index (χ1n) is 8.28. The van der Waals surface area contributed by atoms with Crippen molar-refractivity contribution in [3.63, 3.8) is 0 Å². The van der Waals surface area contributed by atoms with Crippen LogP contribution in [0.3, 0.4) is 0 Å². The molecule has 6 nitrogen and oxygen atoms in total. The topological polar surface area (TPSA) is 85.7 Å². The Kier molecular flexibility index (Phi) is 7.21. The fourth-order valence-electron chi connectivity index (χ4n) is 2.95. The molecule has 0 aromatic heterocycles. The lowest BCUT2D eigenvalue weighted by Gasteiger charge is -2.37. The van der Waals surface area contributed by atoms with Gasteiger partial charge < -0.3 is 25.2 Å². The summed E-state index contributed by atoms with van der Waals surface area (Å²) in [5.74, 6) is -0.854. The highest BCUT2D eigenvalue weighted by atomic mass is 127. The second kappa shape index (κ2) is 8.80. The number of nitrogens with one attached hydrogen (secondary N) is 2. The smallest absolute Gasteiger partial charge is 0.410 e. The van der Waals surface area contributed by atoms with E-state index in [2.05, 4.69) is 27.1 Å². The van der Waals surface area contributed by atoms with E-state index in [-0.39, 0.29) is 6.54 Å². The summed E-state index contributed by atoms with van der Waals surface area (Å²) in [5, 5.41) is 21.1.